The molecule has 1 saturated carbocycles. The summed E-state index contributed by atoms with van der Waals surface area (Å²) in [6.45, 7) is 3.53. The molecule has 1 aliphatic carbocycles. The van der Waals surface area contributed by atoms with Crippen LogP contribution in [0.25, 0.3) is 0 Å². The maximum absolute atomic E-state index is 13.4. The van der Waals surface area contributed by atoms with E-state index in [4.69, 9.17) is 9.47 Å². The lowest BCUT2D eigenvalue weighted by molar-refractivity contribution is -0.133. The molecule has 9 heteroatoms. The van der Waals surface area contributed by atoms with Gasteiger partial charge in [0, 0.05) is 24.4 Å². The highest BCUT2D eigenvalue weighted by atomic mass is 16.5. The number of rotatable bonds is 10. The molecule has 2 aromatic carbocycles. The maximum atomic E-state index is 13.4. The number of aromatic nitrogens is 2. The van der Waals surface area contributed by atoms with E-state index in [0.29, 0.717) is 74.4 Å². The zero-order valence-electron chi connectivity index (χ0n) is 23.2. The van der Waals surface area contributed by atoms with Gasteiger partial charge in [0.05, 0.1) is 37.6 Å². The van der Waals surface area contributed by atoms with Crippen LogP contribution in [0.3, 0.4) is 0 Å². The number of Topliss-reactive ketones (excluding diaryl/α,β-unsaturated/α-hetero) is 1. The van der Waals surface area contributed by atoms with Gasteiger partial charge in [-0.3, -0.25) is 19.3 Å². The van der Waals surface area contributed by atoms with Gasteiger partial charge in [0.2, 0.25) is 5.91 Å². The minimum atomic E-state index is -0.173. The third kappa shape index (κ3) is 6.92. The van der Waals surface area contributed by atoms with E-state index < -0.39 is 0 Å². The number of carbonyl (C=O) groups excluding carboxylic acids is 2. The number of amides is 1. The van der Waals surface area contributed by atoms with Crippen molar-refractivity contribution in [2.24, 2.45) is 11.8 Å². The number of nitrogens with one attached hydrogen (secondary N) is 1. The molecule has 3 heterocycles. The summed E-state index contributed by atoms with van der Waals surface area (Å²) in [5, 5.41) is 0. The Labute approximate surface area is 239 Å². The Kier molecular flexibility index (Phi) is 8.25. The van der Waals surface area contributed by atoms with Crippen LogP contribution in [-0.2, 0) is 29.1 Å². The number of likely N-dealkylation sites (tertiary alicyclic amines) is 1. The van der Waals surface area contributed by atoms with Crippen LogP contribution in [0.4, 0.5) is 0 Å². The topological polar surface area (TPSA) is 105 Å². The Bertz CT molecular complexity index is 1430. The average Bonchev–Trinajstić information content (AvgIpc) is 3.82. The summed E-state index contributed by atoms with van der Waals surface area (Å²) in [6.07, 6.45) is 4.31. The first kappa shape index (κ1) is 27.4. The van der Waals surface area contributed by atoms with E-state index in [2.05, 4.69) is 14.9 Å². The molecule has 0 atom stereocenters. The van der Waals surface area contributed by atoms with Crippen molar-refractivity contribution < 1.29 is 19.1 Å². The number of nitrogens with zero attached hydrogens (tertiary/aromatic N) is 3. The van der Waals surface area contributed by atoms with E-state index in [-0.39, 0.29) is 29.8 Å². The number of hydrogen-bond donors (Lipinski definition) is 1. The van der Waals surface area contributed by atoms with E-state index in [0.717, 1.165) is 37.1 Å². The van der Waals surface area contributed by atoms with Gasteiger partial charge >= 0.3 is 0 Å². The SMILES string of the molecule is O=C(c1ccc(Oc2ccccc2)cc1)C1CCN(CC(=O)N(Cc2nc3c(c(=O)[nH]2)COCC3)CC2CC2)CC1. The van der Waals surface area contributed by atoms with Crippen molar-refractivity contribution in [3.05, 3.63) is 87.6 Å². The van der Waals surface area contributed by atoms with E-state index in [1.807, 2.05) is 59.5 Å². The zero-order chi connectivity index (χ0) is 28.2. The van der Waals surface area contributed by atoms with Gasteiger partial charge in [0.15, 0.2) is 5.78 Å². The lowest BCUT2D eigenvalue weighted by atomic mass is 9.89. The third-order valence-corrected chi connectivity index (χ3v) is 8.18. The highest BCUT2D eigenvalue weighted by molar-refractivity contribution is 5.98. The van der Waals surface area contributed by atoms with Crippen LogP contribution in [0.5, 0.6) is 11.5 Å². The smallest absolute Gasteiger partial charge is 0.256 e. The van der Waals surface area contributed by atoms with Gasteiger partial charge in [-0.1, -0.05) is 18.2 Å². The van der Waals surface area contributed by atoms with Gasteiger partial charge < -0.3 is 19.4 Å². The van der Waals surface area contributed by atoms with E-state index in [9.17, 15) is 14.4 Å². The van der Waals surface area contributed by atoms with Crippen LogP contribution in [0, 0.1) is 11.8 Å². The fourth-order valence-corrected chi connectivity index (χ4v) is 5.61. The number of fused-ring (bicyclic) bond motifs is 1. The monoisotopic (exact) mass is 556 g/mol. The summed E-state index contributed by atoms with van der Waals surface area (Å²) in [4.78, 5) is 50.7. The molecule has 1 aromatic heterocycles. The van der Waals surface area contributed by atoms with E-state index >= 15 is 0 Å². The minimum Gasteiger partial charge on any atom is -0.457 e. The molecule has 0 bridgehead atoms. The molecule has 0 unspecified atom stereocenters. The van der Waals surface area contributed by atoms with Crippen molar-refractivity contribution in [1.82, 2.24) is 19.8 Å². The molecule has 2 fully saturated rings. The number of ether oxygens (including phenoxy) is 2. The van der Waals surface area contributed by atoms with Gasteiger partial charge in [0.1, 0.15) is 17.3 Å². The van der Waals surface area contributed by atoms with Crippen LogP contribution in [0.2, 0.25) is 0 Å². The van der Waals surface area contributed by atoms with Gasteiger partial charge in [-0.05, 0) is 81.1 Å². The normalized spacial score (nSPS) is 17.6. The summed E-state index contributed by atoms with van der Waals surface area (Å²) in [6, 6.07) is 16.9. The molecular weight excluding hydrogens is 520 g/mol. The lowest BCUT2D eigenvalue weighted by Gasteiger charge is -2.32. The zero-order valence-corrected chi connectivity index (χ0v) is 23.2. The van der Waals surface area contributed by atoms with Gasteiger partial charge in [0.25, 0.3) is 5.56 Å². The summed E-state index contributed by atoms with van der Waals surface area (Å²) in [7, 11) is 0. The second-order valence-electron chi connectivity index (χ2n) is 11.3. The van der Waals surface area contributed by atoms with Crippen LogP contribution in [-0.4, -0.2) is 64.2 Å². The quantitative estimate of drug-likeness (QED) is 0.377. The van der Waals surface area contributed by atoms with Crippen molar-refractivity contribution in [2.75, 3.05) is 32.8 Å². The number of para-hydroxylation sites is 1. The average molecular weight is 557 g/mol. The summed E-state index contributed by atoms with van der Waals surface area (Å²) < 4.78 is 11.2. The molecule has 9 nitrogen and oxygen atoms in total. The molecule has 214 valence electrons. The minimum absolute atomic E-state index is 0.0411. The van der Waals surface area contributed by atoms with E-state index in [1.54, 1.807) is 0 Å². The molecule has 0 radical (unpaired) electrons. The number of piperidine rings is 1. The van der Waals surface area contributed by atoms with Crippen molar-refractivity contribution in [3.8, 4) is 11.5 Å². The number of aromatic amines is 1. The van der Waals surface area contributed by atoms with Crippen molar-refractivity contribution in [2.45, 2.75) is 45.3 Å². The Balaban J connectivity index is 1.02. The molecule has 41 heavy (non-hydrogen) atoms. The summed E-state index contributed by atoms with van der Waals surface area (Å²) in [5.41, 5.74) is 1.88. The molecule has 1 saturated heterocycles. The van der Waals surface area contributed by atoms with Gasteiger partial charge in [-0.2, -0.15) is 0 Å². The molecule has 1 amide bonds. The van der Waals surface area contributed by atoms with Crippen molar-refractivity contribution in [3.63, 3.8) is 0 Å². The molecule has 0 spiro atoms. The predicted molar refractivity (Wildman–Crippen MR) is 153 cm³/mol. The Hall–Kier alpha value is -3.82. The Morgan fingerprint density at radius 3 is 2.46 bits per heavy atom. The molecule has 2 aliphatic heterocycles. The summed E-state index contributed by atoms with van der Waals surface area (Å²) >= 11 is 0. The second-order valence-corrected chi connectivity index (χ2v) is 11.3. The number of carbonyl (C=O) groups is 2. The van der Waals surface area contributed by atoms with Gasteiger partial charge in [-0.15, -0.1) is 0 Å². The molecule has 3 aromatic rings. The highest BCUT2D eigenvalue weighted by Crippen LogP contribution is 2.30. The third-order valence-electron chi connectivity index (χ3n) is 8.18. The van der Waals surface area contributed by atoms with Crippen molar-refractivity contribution >= 4 is 11.7 Å². The fourth-order valence-electron chi connectivity index (χ4n) is 5.61. The van der Waals surface area contributed by atoms with Gasteiger partial charge in [-0.25, -0.2) is 4.98 Å². The van der Waals surface area contributed by atoms with Crippen LogP contribution in [0.15, 0.2) is 59.4 Å². The predicted octanol–water partition coefficient (Wildman–Crippen LogP) is 3.97. The molecule has 6 rings (SSSR count). The standard InChI is InChI=1S/C32H36N4O5/c37-30(36(18-22-6-7-22)19-29-33-28-14-17-40-21-27(28)32(39)34-29)20-35-15-12-24(13-16-35)31(38)23-8-10-26(11-9-23)41-25-4-2-1-3-5-25/h1-5,8-11,22,24H,6-7,12-21H2,(H,33,34,39). The lowest BCUT2D eigenvalue weighted by Crippen LogP contribution is -2.45. The summed E-state index contributed by atoms with van der Waals surface area (Å²) in [5.74, 6) is 2.63. The maximum Gasteiger partial charge on any atom is 0.256 e. The Morgan fingerprint density at radius 1 is 1.00 bits per heavy atom. The first-order valence-corrected chi connectivity index (χ1v) is 14.6. The van der Waals surface area contributed by atoms with Crippen LogP contribution < -0.4 is 10.3 Å². The van der Waals surface area contributed by atoms with E-state index in [1.165, 1.54) is 0 Å². The first-order chi connectivity index (χ1) is 20.0. The number of benzene rings is 2. The largest absolute Gasteiger partial charge is 0.457 e. The Morgan fingerprint density at radius 2 is 1.73 bits per heavy atom. The highest BCUT2D eigenvalue weighted by Gasteiger charge is 2.31. The number of ketones is 1. The second kappa shape index (κ2) is 12.4. The fraction of sp³-hybridized carbons (Fsp3) is 0.438. The van der Waals surface area contributed by atoms with Crippen LogP contribution >= 0.6 is 0 Å². The first-order valence-electron chi connectivity index (χ1n) is 14.6. The molecule has 3 aliphatic rings. The number of hydrogen-bond acceptors (Lipinski definition) is 7. The van der Waals surface area contributed by atoms with Crippen LogP contribution in [0.1, 0.15) is 53.1 Å². The number of H-pyrrole nitrogens is 1. The van der Waals surface area contributed by atoms with Crippen molar-refractivity contribution in [1.29, 1.82) is 0 Å². The molecule has 1 N–H and O–H groups in total. The molecular formula is C32H36N4O5.